The van der Waals surface area contributed by atoms with Crippen LogP contribution in [0.15, 0.2) is 60.7 Å². The number of benzene rings is 2. The summed E-state index contributed by atoms with van der Waals surface area (Å²) in [4.78, 5) is 0. The molecule has 2 aromatic rings. The maximum absolute atomic E-state index is 5.28. The van der Waals surface area contributed by atoms with Crippen molar-refractivity contribution in [2.75, 3.05) is 13.2 Å². The molecule has 0 aromatic heterocycles. The van der Waals surface area contributed by atoms with Gasteiger partial charge in [-0.1, -0.05) is 208 Å². The molecule has 3 aliphatic carbocycles. The van der Waals surface area contributed by atoms with Crippen LogP contribution in [0.4, 0.5) is 0 Å². The summed E-state index contributed by atoms with van der Waals surface area (Å²) in [6.07, 6.45) is 24.6. The summed E-state index contributed by atoms with van der Waals surface area (Å²) in [5, 5.41) is 0. The molecule has 6 rings (SSSR count). The molecule has 1 nitrogen and oxygen atoms in total. The van der Waals surface area contributed by atoms with E-state index in [2.05, 4.69) is 138 Å². The van der Waals surface area contributed by atoms with E-state index in [4.69, 9.17) is 4.74 Å². The minimum absolute atomic E-state index is 0.659. The first kappa shape index (κ1) is 50.4. The smallest absolute Gasteiger partial charge is 0.0468 e. The summed E-state index contributed by atoms with van der Waals surface area (Å²) >= 11 is 0. The lowest BCUT2D eigenvalue weighted by Crippen LogP contribution is -2.16. The Morgan fingerprint density at radius 3 is 1.09 bits per heavy atom. The van der Waals surface area contributed by atoms with Gasteiger partial charge < -0.3 is 4.74 Å². The largest absolute Gasteiger partial charge is 0.381 e. The van der Waals surface area contributed by atoms with Crippen LogP contribution in [0.5, 0.6) is 0 Å². The molecule has 0 atom stereocenters. The SMILES string of the molecule is CC(C)CC1CC1.CC(C)CC1CCC1.CC(C)CC1CCCCC1.CC(C)CC1CCOCC1.CC(C)Cc1ccccc1.CC(C)c1ccccc1. The summed E-state index contributed by atoms with van der Waals surface area (Å²) in [5.74, 6) is 9.34. The first-order valence-corrected chi connectivity index (χ1v) is 23.4. The normalized spacial score (nSPS) is 17.6. The van der Waals surface area contributed by atoms with E-state index in [0.717, 1.165) is 66.5 Å². The Morgan fingerprint density at radius 1 is 0.407 bits per heavy atom. The quantitative estimate of drug-likeness (QED) is 0.222. The maximum Gasteiger partial charge on any atom is 0.0468 e. The molecule has 3 saturated carbocycles. The van der Waals surface area contributed by atoms with Gasteiger partial charge in [-0.15, -0.1) is 0 Å². The van der Waals surface area contributed by atoms with E-state index in [1.165, 1.54) is 120 Å². The molecule has 1 saturated heterocycles. The summed E-state index contributed by atoms with van der Waals surface area (Å²) < 4.78 is 5.28. The molecular weight excluding hydrogens is 653 g/mol. The number of hydrogen-bond acceptors (Lipinski definition) is 1. The Hall–Kier alpha value is -1.60. The topological polar surface area (TPSA) is 9.23 Å². The lowest BCUT2D eigenvalue weighted by Gasteiger charge is -2.26. The van der Waals surface area contributed by atoms with E-state index in [1.54, 1.807) is 0 Å². The molecule has 1 heteroatoms. The molecule has 54 heavy (non-hydrogen) atoms. The molecule has 0 amide bonds. The van der Waals surface area contributed by atoms with Gasteiger partial charge in [-0.2, -0.15) is 0 Å². The maximum atomic E-state index is 5.28. The molecular formula is C53H94O. The third-order valence-corrected chi connectivity index (χ3v) is 11.2. The Balaban J connectivity index is 0.000000325. The highest BCUT2D eigenvalue weighted by atomic mass is 16.5. The predicted octanol–water partition coefficient (Wildman–Crippen LogP) is 17.0. The lowest BCUT2D eigenvalue weighted by atomic mass is 9.80. The third-order valence-electron chi connectivity index (χ3n) is 11.2. The van der Waals surface area contributed by atoms with Gasteiger partial charge in [-0.05, 0) is 115 Å². The Kier molecular flexibility index (Phi) is 29.4. The number of rotatable bonds is 11. The zero-order chi connectivity index (χ0) is 40.1. The molecule has 2 aromatic carbocycles. The van der Waals surface area contributed by atoms with Gasteiger partial charge >= 0.3 is 0 Å². The van der Waals surface area contributed by atoms with Crippen LogP contribution < -0.4 is 0 Å². The van der Waals surface area contributed by atoms with Gasteiger partial charge in [0.25, 0.3) is 0 Å². The van der Waals surface area contributed by atoms with Crippen LogP contribution in [-0.2, 0) is 11.2 Å². The highest BCUT2D eigenvalue weighted by Crippen LogP contribution is 2.35. The zero-order valence-electron chi connectivity index (χ0n) is 38.4. The van der Waals surface area contributed by atoms with Crippen LogP contribution in [0.1, 0.15) is 203 Å². The Bertz CT molecular complexity index is 1020. The molecule has 0 radical (unpaired) electrons. The molecule has 0 unspecified atom stereocenters. The monoisotopic (exact) mass is 747 g/mol. The van der Waals surface area contributed by atoms with Crippen molar-refractivity contribution >= 4 is 0 Å². The van der Waals surface area contributed by atoms with Gasteiger partial charge in [0.1, 0.15) is 0 Å². The fraction of sp³-hybridized carbons (Fsp3) is 0.774. The van der Waals surface area contributed by atoms with E-state index in [0.29, 0.717) is 5.92 Å². The molecule has 312 valence electrons. The van der Waals surface area contributed by atoms with Crippen LogP contribution >= 0.6 is 0 Å². The van der Waals surface area contributed by atoms with Crippen molar-refractivity contribution in [3.8, 4) is 0 Å². The van der Waals surface area contributed by atoms with Crippen LogP contribution in [0.2, 0.25) is 0 Å². The van der Waals surface area contributed by atoms with Crippen LogP contribution in [0.25, 0.3) is 0 Å². The summed E-state index contributed by atoms with van der Waals surface area (Å²) in [6.45, 7) is 29.4. The van der Waals surface area contributed by atoms with Crippen molar-refractivity contribution in [1.29, 1.82) is 0 Å². The third kappa shape index (κ3) is 30.6. The first-order valence-electron chi connectivity index (χ1n) is 23.4. The minimum Gasteiger partial charge on any atom is -0.381 e. The Morgan fingerprint density at radius 2 is 0.778 bits per heavy atom. The standard InChI is InChI=1S/C10H20.C10H14.C9H18O.C9H12.C8H16.C7H14/c2*1-9(2)8-10-6-4-3-5-7-10;1-8(2)7-9-3-5-10-6-4-9;1-8(2)9-6-4-3-5-7-9;1-7(2)6-8-4-3-5-8;1-6(2)5-7-3-4-7/h9-10H,3-8H2,1-2H3;3-7,9H,8H2,1-2H3;8-9H,3-7H2,1-2H3;3-8H,1-2H3;7-8H,3-6H2,1-2H3;6-7H,3-5H2,1-2H3. The van der Waals surface area contributed by atoms with Crippen molar-refractivity contribution in [3.05, 3.63) is 71.8 Å². The van der Waals surface area contributed by atoms with Gasteiger partial charge in [0.05, 0.1) is 0 Å². The van der Waals surface area contributed by atoms with Gasteiger partial charge in [0.2, 0.25) is 0 Å². The zero-order valence-corrected chi connectivity index (χ0v) is 38.4. The van der Waals surface area contributed by atoms with Crippen molar-refractivity contribution in [2.24, 2.45) is 53.3 Å². The van der Waals surface area contributed by atoms with Gasteiger partial charge in [0, 0.05) is 13.2 Å². The average molecular weight is 747 g/mol. The second kappa shape index (κ2) is 31.5. The molecule has 0 N–H and O–H groups in total. The molecule has 4 fully saturated rings. The Labute approximate surface area is 340 Å². The number of ether oxygens (including phenoxy) is 1. The predicted molar refractivity (Wildman–Crippen MR) is 244 cm³/mol. The van der Waals surface area contributed by atoms with Crippen molar-refractivity contribution in [3.63, 3.8) is 0 Å². The van der Waals surface area contributed by atoms with Crippen LogP contribution in [-0.4, -0.2) is 13.2 Å². The number of hydrogen-bond donors (Lipinski definition) is 0. The van der Waals surface area contributed by atoms with Crippen molar-refractivity contribution in [1.82, 2.24) is 0 Å². The molecule has 0 bridgehead atoms. The van der Waals surface area contributed by atoms with Gasteiger partial charge in [-0.3, -0.25) is 0 Å². The molecule has 4 aliphatic rings. The summed E-state index contributed by atoms with van der Waals surface area (Å²) in [6, 6.07) is 21.1. The highest BCUT2D eigenvalue weighted by Gasteiger charge is 2.21. The fourth-order valence-electron chi connectivity index (χ4n) is 8.08. The average Bonchev–Trinajstić information content (AvgIpc) is 3.92. The second-order valence-electron chi connectivity index (χ2n) is 20.0. The van der Waals surface area contributed by atoms with Gasteiger partial charge in [-0.25, -0.2) is 0 Å². The summed E-state index contributed by atoms with van der Waals surface area (Å²) in [7, 11) is 0. The van der Waals surface area contributed by atoms with Crippen molar-refractivity contribution in [2.45, 2.75) is 198 Å². The molecule has 0 spiro atoms. The first-order chi connectivity index (χ1) is 25.7. The minimum atomic E-state index is 0.659. The van der Waals surface area contributed by atoms with E-state index in [9.17, 15) is 0 Å². The highest BCUT2D eigenvalue weighted by molar-refractivity contribution is 5.17. The molecule has 1 heterocycles. The lowest BCUT2D eigenvalue weighted by molar-refractivity contribution is 0.0602. The van der Waals surface area contributed by atoms with E-state index < -0.39 is 0 Å². The fourth-order valence-corrected chi connectivity index (χ4v) is 8.08. The molecule has 1 aliphatic heterocycles. The summed E-state index contributed by atoms with van der Waals surface area (Å²) in [5.41, 5.74) is 2.86. The van der Waals surface area contributed by atoms with Crippen molar-refractivity contribution < 1.29 is 4.74 Å². The van der Waals surface area contributed by atoms with E-state index >= 15 is 0 Å². The van der Waals surface area contributed by atoms with Gasteiger partial charge in [0.15, 0.2) is 0 Å². The van der Waals surface area contributed by atoms with E-state index in [-0.39, 0.29) is 0 Å². The van der Waals surface area contributed by atoms with Crippen LogP contribution in [0, 0.1) is 53.3 Å². The second-order valence-corrected chi connectivity index (χ2v) is 20.0. The van der Waals surface area contributed by atoms with E-state index in [1.807, 2.05) is 6.07 Å². The van der Waals surface area contributed by atoms with Crippen LogP contribution in [0.3, 0.4) is 0 Å².